The molecular formula is C13H11BrF2N2O2S. The summed E-state index contributed by atoms with van der Waals surface area (Å²) in [6.07, 6.45) is 0. The Morgan fingerprint density at radius 3 is 2.24 bits per heavy atom. The lowest BCUT2D eigenvalue weighted by atomic mass is 10.2. The number of rotatable bonds is 3. The fraction of sp³-hybridized carbons (Fsp3) is 0.0769. The molecule has 0 bridgehead atoms. The Bertz CT molecular complexity index is 787. The molecule has 3 N–H and O–H groups in total. The molecule has 2 aromatic rings. The molecule has 0 radical (unpaired) electrons. The third-order valence-electron chi connectivity index (χ3n) is 2.70. The van der Waals surface area contributed by atoms with E-state index in [0.29, 0.717) is 0 Å². The highest BCUT2D eigenvalue weighted by molar-refractivity contribution is 9.10. The molecule has 0 aliphatic heterocycles. The average molecular weight is 377 g/mol. The Morgan fingerprint density at radius 2 is 1.71 bits per heavy atom. The number of halogens is 3. The first kappa shape index (κ1) is 15.7. The molecular weight excluding hydrogens is 366 g/mol. The average Bonchev–Trinajstić information content (AvgIpc) is 2.31. The van der Waals surface area contributed by atoms with Gasteiger partial charge in [0, 0.05) is 15.8 Å². The highest BCUT2D eigenvalue weighted by Gasteiger charge is 2.24. The molecule has 0 aliphatic carbocycles. The second-order valence-corrected chi connectivity index (χ2v) is 6.86. The number of nitrogens with two attached hydrogens (primary N) is 1. The predicted molar refractivity (Wildman–Crippen MR) is 80.5 cm³/mol. The molecule has 0 amide bonds. The third-order valence-corrected chi connectivity index (χ3v) is 5.02. The van der Waals surface area contributed by atoms with Gasteiger partial charge in [-0.3, -0.25) is 4.72 Å². The maximum atomic E-state index is 13.7. The van der Waals surface area contributed by atoms with Gasteiger partial charge < -0.3 is 5.73 Å². The molecule has 2 rings (SSSR count). The van der Waals surface area contributed by atoms with Crippen molar-refractivity contribution in [3.05, 3.63) is 52.0 Å². The summed E-state index contributed by atoms with van der Waals surface area (Å²) in [6.45, 7) is 1.76. The van der Waals surface area contributed by atoms with Gasteiger partial charge in [-0.1, -0.05) is 15.9 Å². The summed E-state index contributed by atoms with van der Waals surface area (Å²) in [5.41, 5.74) is 6.04. The van der Waals surface area contributed by atoms with Gasteiger partial charge in [0.25, 0.3) is 10.0 Å². The summed E-state index contributed by atoms with van der Waals surface area (Å²) >= 11 is 3.27. The molecule has 8 heteroatoms. The normalized spacial score (nSPS) is 11.4. The van der Waals surface area contributed by atoms with Gasteiger partial charge in [-0.05, 0) is 42.8 Å². The molecule has 112 valence electrons. The van der Waals surface area contributed by atoms with Crippen LogP contribution in [0.25, 0.3) is 0 Å². The Morgan fingerprint density at radius 1 is 1.14 bits per heavy atom. The van der Waals surface area contributed by atoms with Crippen LogP contribution in [0.1, 0.15) is 5.56 Å². The van der Waals surface area contributed by atoms with Crippen LogP contribution in [0.3, 0.4) is 0 Å². The fourth-order valence-electron chi connectivity index (χ4n) is 1.75. The van der Waals surface area contributed by atoms with Crippen molar-refractivity contribution in [2.24, 2.45) is 0 Å². The van der Waals surface area contributed by atoms with E-state index in [-0.39, 0.29) is 11.4 Å². The summed E-state index contributed by atoms with van der Waals surface area (Å²) in [5.74, 6) is -2.48. The standard InChI is InChI=1S/C13H11BrF2N2O2S/c1-7-4-9(2-3-10(7)14)18-21(19,20)13-11(15)5-8(17)6-12(13)16/h2-6,18H,17H2,1H3. The lowest BCUT2D eigenvalue weighted by Crippen LogP contribution is -2.17. The Kier molecular flexibility index (Phi) is 4.20. The van der Waals surface area contributed by atoms with Crippen LogP contribution < -0.4 is 10.5 Å². The van der Waals surface area contributed by atoms with E-state index < -0.39 is 26.6 Å². The summed E-state index contributed by atoms with van der Waals surface area (Å²) in [6, 6.07) is 6.15. The number of nitrogens with one attached hydrogen (secondary N) is 1. The minimum atomic E-state index is -4.39. The van der Waals surface area contributed by atoms with Crippen molar-refractivity contribution in [2.75, 3.05) is 10.5 Å². The van der Waals surface area contributed by atoms with E-state index in [9.17, 15) is 17.2 Å². The Hall–Kier alpha value is -1.67. The van der Waals surface area contributed by atoms with Crippen molar-refractivity contribution in [1.29, 1.82) is 0 Å². The second kappa shape index (κ2) is 5.61. The van der Waals surface area contributed by atoms with Crippen LogP contribution >= 0.6 is 15.9 Å². The fourth-order valence-corrected chi connectivity index (χ4v) is 3.17. The molecule has 0 saturated heterocycles. The highest BCUT2D eigenvalue weighted by Crippen LogP contribution is 2.26. The van der Waals surface area contributed by atoms with Gasteiger partial charge in [-0.2, -0.15) is 0 Å². The SMILES string of the molecule is Cc1cc(NS(=O)(=O)c2c(F)cc(N)cc2F)ccc1Br. The van der Waals surface area contributed by atoms with Crippen molar-refractivity contribution < 1.29 is 17.2 Å². The predicted octanol–water partition coefficient (Wildman–Crippen LogP) is 3.42. The van der Waals surface area contributed by atoms with E-state index in [4.69, 9.17) is 5.73 Å². The number of anilines is 2. The van der Waals surface area contributed by atoms with E-state index in [2.05, 4.69) is 20.7 Å². The van der Waals surface area contributed by atoms with Crippen LogP contribution in [0.4, 0.5) is 20.2 Å². The van der Waals surface area contributed by atoms with Crippen molar-refractivity contribution >= 4 is 37.3 Å². The minimum Gasteiger partial charge on any atom is -0.399 e. The summed E-state index contributed by atoms with van der Waals surface area (Å²) in [7, 11) is -4.39. The third kappa shape index (κ3) is 3.33. The lowest BCUT2D eigenvalue weighted by Gasteiger charge is -2.11. The zero-order valence-corrected chi connectivity index (χ0v) is 13.2. The van der Waals surface area contributed by atoms with E-state index in [1.807, 2.05) is 0 Å². The number of hydrogen-bond donors (Lipinski definition) is 2. The first-order valence-electron chi connectivity index (χ1n) is 5.74. The molecule has 0 saturated carbocycles. The van der Waals surface area contributed by atoms with Crippen LogP contribution in [0.5, 0.6) is 0 Å². The Balaban J connectivity index is 2.46. The molecule has 0 fully saturated rings. The van der Waals surface area contributed by atoms with Gasteiger partial charge in [0.2, 0.25) is 0 Å². The van der Waals surface area contributed by atoms with Crippen LogP contribution in [0, 0.1) is 18.6 Å². The van der Waals surface area contributed by atoms with E-state index in [1.165, 1.54) is 12.1 Å². The molecule has 2 aromatic carbocycles. The first-order valence-corrected chi connectivity index (χ1v) is 8.02. The van der Waals surface area contributed by atoms with Crippen LogP contribution in [-0.4, -0.2) is 8.42 Å². The van der Waals surface area contributed by atoms with Crippen LogP contribution in [-0.2, 0) is 10.0 Å². The van der Waals surface area contributed by atoms with Gasteiger partial charge in [0.05, 0.1) is 0 Å². The number of hydrogen-bond acceptors (Lipinski definition) is 3. The highest BCUT2D eigenvalue weighted by atomic mass is 79.9. The molecule has 0 aromatic heterocycles. The monoisotopic (exact) mass is 376 g/mol. The minimum absolute atomic E-state index is 0.191. The van der Waals surface area contributed by atoms with Crippen LogP contribution in [0.15, 0.2) is 39.7 Å². The number of aryl methyl sites for hydroxylation is 1. The number of sulfonamides is 1. The van der Waals surface area contributed by atoms with E-state index in [0.717, 1.165) is 22.2 Å². The zero-order valence-electron chi connectivity index (χ0n) is 10.8. The summed E-state index contributed by atoms with van der Waals surface area (Å²) in [4.78, 5) is -1.06. The van der Waals surface area contributed by atoms with E-state index >= 15 is 0 Å². The van der Waals surface area contributed by atoms with Crippen LogP contribution in [0.2, 0.25) is 0 Å². The summed E-state index contributed by atoms with van der Waals surface area (Å²) in [5, 5.41) is 0. The topological polar surface area (TPSA) is 72.2 Å². The van der Waals surface area contributed by atoms with Crippen molar-refractivity contribution in [3.63, 3.8) is 0 Å². The smallest absolute Gasteiger partial charge is 0.267 e. The lowest BCUT2D eigenvalue weighted by molar-refractivity contribution is 0.522. The maximum absolute atomic E-state index is 13.7. The molecule has 0 unspecified atom stereocenters. The molecule has 21 heavy (non-hydrogen) atoms. The molecule has 0 heterocycles. The molecule has 4 nitrogen and oxygen atoms in total. The molecule has 0 aliphatic rings. The molecule has 0 spiro atoms. The van der Waals surface area contributed by atoms with Gasteiger partial charge in [0.1, 0.15) is 11.6 Å². The van der Waals surface area contributed by atoms with Gasteiger partial charge in [-0.15, -0.1) is 0 Å². The number of benzene rings is 2. The van der Waals surface area contributed by atoms with Gasteiger partial charge >= 0.3 is 0 Å². The number of nitrogen functional groups attached to an aromatic ring is 1. The van der Waals surface area contributed by atoms with Gasteiger partial charge in [0.15, 0.2) is 4.90 Å². The Labute approximate surface area is 129 Å². The van der Waals surface area contributed by atoms with Crippen molar-refractivity contribution in [2.45, 2.75) is 11.8 Å². The second-order valence-electron chi connectivity index (χ2n) is 4.38. The van der Waals surface area contributed by atoms with Gasteiger partial charge in [-0.25, -0.2) is 17.2 Å². The zero-order chi connectivity index (χ0) is 15.8. The van der Waals surface area contributed by atoms with E-state index in [1.54, 1.807) is 13.0 Å². The van der Waals surface area contributed by atoms with Crippen molar-refractivity contribution in [3.8, 4) is 0 Å². The quantitative estimate of drug-likeness (QED) is 0.806. The molecule has 0 atom stereocenters. The first-order chi connectivity index (χ1) is 9.70. The summed E-state index contributed by atoms with van der Waals surface area (Å²) < 4.78 is 54.5. The largest absolute Gasteiger partial charge is 0.399 e. The van der Waals surface area contributed by atoms with Crippen molar-refractivity contribution in [1.82, 2.24) is 0 Å². The maximum Gasteiger partial charge on any atom is 0.267 e.